The van der Waals surface area contributed by atoms with Gasteiger partial charge in [0.15, 0.2) is 6.04 Å². The molecule has 0 rings (SSSR count). The number of nitrogens with one attached hydrogen (secondary N) is 2. The summed E-state index contributed by atoms with van der Waals surface area (Å²) in [6.45, 7) is 1.57. The van der Waals surface area contributed by atoms with Gasteiger partial charge in [-0.2, -0.15) is 0 Å². The Balaban J connectivity index is 3.82. The lowest BCUT2D eigenvalue weighted by Crippen LogP contribution is -2.51. The molecule has 2 atom stereocenters. The van der Waals surface area contributed by atoms with Crippen LogP contribution in [0.1, 0.15) is 26.2 Å². The van der Waals surface area contributed by atoms with E-state index in [9.17, 15) is 14.4 Å². The van der Waals surface area contributed by atoms with Gasteiger partial charge in [-0.3, -0.25) is 4.79 Å². The zero-order valence-corrected chi connectivity index (χ0v) is 10.2. The molecule has 6 N–H and O–H groups in total. The van der Waals surface area contributed by atoms with Crippen molar-refractivity contribution < 1.29 is 24.6 Å². The first kappa shape index (κ1) is 16.2. The second-order valence-electron chi connectivity index (χ2n) is 3.88. The summed E-state index contributed by atoms with van der Waals surface area (Å²) >= 11 is 0. The van der Waals surface area contributed by atoms with Gasteiger partial charge >= 0.3 is 12.0 Å². The number of urea groups is 1. The molecule has 8 nitrogen and oxygen atoms in total. The maximum absolute atomic E-state index is 11.3. The highest BCUT2D eigenvalue weighted by molar-refractivity contribution is 5.82. The Bertz CT molecular complexity index is 306. The van der Waals surface area contributed by atoms with Crippen molar-refractivity contribution in [1.82, 2.24) is 10.6 Å². The Kier molecular flexibility index (Phi) is 7.45. The van der Waals surface area contributed by atoms with Gasteiger partial charge in [-0.1, -0.05) is 0 Å². The molecule has 3 amide bonds. The maximum atomic E-state index is 11.3. The number of unbranched alkanes of at least 4 members (excludes halogenated alkanes) is 1. The summed E-state index contributed by atoms with van der Waals surface area (Å²) < 4.78 is 0. The highest BCUT2D eigenvalue weighted by Gasteiger charge is 2.24. The lowest BCUT2D eigenvalue weighted by molar-refractivity contribution is -0.141. The molecule has 0 aliphatic carbocycles. The first-order valence-electron chi connectivity index (χ1n) is 5.58. The van der Waals surface area contributed by atoms with Crippen LogP contribution in [0.5, 0.6) is 0 Å². The number of carbonyl (C=O) groups excluding carboxylic acids is 2. The van der Waals surface area contributed by atoms with E-state index in [0.29, 0.717) is 19.4 Å². The average Bonchev–Trinajstić information content (AvgIpc) is 2.24. The van der Waals surface area contributed by atoms with Crippen molar-refractivity contribution in [2.45, 2.75) is 38.3 Å². The van der Waals surface area contributed by atoms with Crippen molar-refractivity contribution in [2.75, 3.05) is 6.54 Å². The molecule has 0 spiro atoms. The molecule has 18 heavy (non-hydrogen) atoms. The molecule has 0 aliphatic rings. The summed E-state index contributed by atoms with van der Waals surface area (Å²) in [5.41, 5.74) is 4.94. The highest BCUT2D eigenvalue weighted by Crippen LogP contribution is 1.94. The molecule has 0 heterocycles. The van der Waals surface area contributed by atoms with Crippen LogP contribution >= 0.6 is 0 Å². The number of amides is 3. The molecule has 8 heteroatoms. The smallest absolute Gasteiger partial charge is 0.328 e. The summed E-state index contributed by atoms with van der Waals surface area (Å²) in [6.07, 6.45) is 0.161. The summed E-state index contributed by atoms with van der Waals surface area (Å²) in [7, 11) is 0. The van der Waals surface area contributed by atoms with Crippen LogP contribution in [0.3, 0.4) is 0 Å². The quantitative estimate of drug-likeness (QED) is 0.348. The number of rotatable bonds is 8. The van der Waals surface area contributed by atoms with Gasteiger partial charge in [0.25, 0.3) is 0 Å². The molecule has 2 unspecified atom stereocenters. The van der Waals surface area contributed by atoms with E-state index in [1.54, 1.807) is 0 Å². The summed E-state index contributed by atoms with van der Waals surface area (Å²) in [6, 6.07) is -2.03. The molecule has 0 aliphatic heterocycles. The number of aliphatic carboxylic acids is 1. The molecule has 0 aromatic carbocycles. The van der Waals surface area contributed by atoms with Gasteiger partial charge in [0, 0.05) is 13.0 Å². The normalized spacial score (nSPS) is 13.4. The number of primary amides is 1. The zero-order valence-electron chi connectivity index (χ0n) is 10.2. The van der Waals surface area contributed by atoms with Crippen molar-refractivity contribution in [2.24, 2.45) is 5.73 Å². The number of hydrogen-bond donors (Lipinski definition) is 5. The lowest BCUT2D eigenvalue weighted by Gasteiger charge is -2.17. The Morgan fingerprint density at radius 1 is 1.28 bits per heavy atom. The van der Waals surface area contributed by atoms with Crippen LogP contribution in [0.2, 0.25) is 0 Å². The van der Waals surface area contributed by atoms with E-state index in [0.717, 1.165) is 0 Å². The molecule has 104 valence electrons. The van der Waals surface area contributed by atoms with Gasteiger partial charge < -0.3 is 26.6 Å². The van der Waals surface area contributed by atoms with Gasteiger partial charge in [-0.25, -0.2) is 9.59 Å². The largest absolute Gasteiger partial charge is 0.480 e. The first-order valence-corrected chi connectivity index (χ1v) is 5.58. The Morgan fingerprint density at radius 3 is 2.33 bits per heavy atom. The van der Waals surface area contributed by atoms with Gasteiger partial charge in [0.1, 0.15) is 0 Å². The van der Waals surface area contributed by atoms with Crippen LogP contribution in [0, 0.1) is 0 Å². The Labute approximate surface area is 105 Å². The SMILES string of the molecule is CC(O)C(NC(=O)NCCCCC(N)=O)C(=O)O. The number of aliphatic hydroxyl groups excluding tert-OH is 1. The first-order chi connectivity index (χ1) is 8.34. The van der Waals surface area contributed by atoms with Gasteiger partial charge in [-0.15, -0.1) is 0 Å². The molecule has 0 radical (unpaired) electrons. The topological polar surface area (TPSA) is 142 Å². The van der Waals surface area contributed by atoms with Crippen molar-refractivity contribution in [3.05, 3.63) is 0 Å². The Hall–Kier alpha value is -1.83. The van der Waals surface area contributed by atoms with Gasteiger partial charge in [-0.05, 0) is 19.8 Å². The summed E-state index contributed by atoms with van der Waals surface area (Å²) in [4.78, 5) is 32.4. The highest BCUT2D eigenvalue weighted by atomic mass is 16.4. The monoisotopic (exact) mass is 261 g/mol. The molecule has 0 saturated heterocycles. The van der Waals surface area contributed by atoms with Crippen LogP contribution < -0.4 is 16.4 Å². The third-order valence-corrected chi connectivity index (χ3v) is 2.17. The third-order valence-electron chi connectivity index (χ3n) is 2.17. The van der Waals surface area contributed by atoms with E-state index >= 15 is 0 Å². The fourth-order valence-corrected chi connectivity index (χ4v) is 1.21. The number of carboxylic acid groups (broad SMARTS) is 1. The van der Waals surface area contributed by atoms with E-state index < -0.39 is 30.1 Å². The van der Waals surface area contributed by atoms with E-state index in [1.165, 1.54) is 6.92 Å². The van der Waals surface area contributed by atoms with Crippen molar-refractivity contribution in [1.29, 1.82) is 0 Å². The van der Waals surface area contributed by atoms with Crippen LogP contribution in [0.25, 0.3) is 0 Å². The van der Waals surface area contributed by atoms with Gasteiger partial charge in [0.2, 0.25) is 5.91 Å². The predicted molar refractivity (Wildman–Crippen MR) is 62.7 cm³/mol. The molecular formula is C10H19N3O5. The number of carbonyl (C=O) groups is 3. The molecular weight excluding hydrogens is 242 g/mol. The van der Waals surface area contributed by atoms with E-state index in [4.69, 9.17) is 15.9 Å². The minimum absolute atomic E-state index is 0.245. The molecule has 0 fully saturated rings. The van der Waals surface area contributed by atoms with Crippen LogP contribution in [0.15, 0.2) is 0 Å². The fraction of sp³-hybridized carbons (Fsp3) is 0.700. The number of nitrogens with two attached hydrogens (primary N) is 1. The van der Waals surface area contributed by atoms with E-state index in [2.05, 4.69) is 10.6 Å². The molecule has 0 aromatic heterocycles. The van der Waals surface area contributed by atoms with Crippen molar-refractivity contribution >= 4 is 17.9 Å². The molecule has 0 bridgehead atoms. The van der Waals surface area contributed by atoms with E-state index in [-0.39, 0.29) is 6.42 Å². The number of carboxylic acids is 1. The number of aliphatic hydroxyl groups is 1. The second kappa shape index (κ2) is 8.29. The average molecular weight is 261 g/mol. The standard InChI is InChI=1S/C10H19N3O5/c1-6(14)8(9(16)17)13-10(18)12-5-3-2-4-7(11)15/h6,8,14H,2-5H2,1H3,(H2,11,15)(H,16,17)(H2,12,13,18). The van der Waals surface area contributed by atoms with Crippen LogP contribution in [-0.4, -0.2) is 46.8 Å². The van der Waals surface area contributed by atoms with Crippen LogP contribution in [0.4, 0.5) is 4.79 Å². The lowest BCUT2D eigenvalue weighted by atomic mass is 10.2. The second-order valence-corrected chi connectivity index (χ2v) is 3.88. The minimum atomic E-state index is -1.35. The number of hydrogen-bond acceptors (Lipinski definition) is 4. The van der Waals surface area contributed by atoms with Crippen molar-refractivity contribution in [3.8, 4) is 0 Å². The third kappa shape index (κ3) is 7.44. The van der Waals surface area contributed by atoms with Crippen molar-refractivity contribution in [3.63, 3.8) is 0 Å². The zero-order chi connectivity index (χ0) is 14.1. The molecule has 0 aromatic rings. The summed E-state index contributed by atoms with van der Waals surface area (Å²) in [5, 5.41) is 22.4. The fourth-order valence-electron chi connectivity index (χ4n) is 1.21. The van der Waals surface area contributed by atoms with Gasteiger partial charge in [0.05, 0.1) is 6.10 Å². The Morgan fingerprint density at radius 2 is 1.89 bits per heavy atom. The maximum Gasteiger partial charge on any atom is 0.328 e. The molecule has 0 saturated carbocycles. The minimum Gasteiger partial charge on any atom is -0.480 e. The summed E-state index contributed by atoms with van der Waals surface area (Å²) in [5.74, 6) is -1.71. The van der Waals surface area contributed by atoms with Crippen LogP contribution in [-0.2, 0) is 9.59 Å². The van der Waals surface area contributed by atoms with E-state index in [1.807, 2.05) is 0 Å². The predicted octanol–water partition coefficient (Wildman–Crippen LogP) is -1.22.